The number of benzene rings is 2. The number of nitrogens with one attached hydrogen (secondary N) is 1. The summed E-state index contributed by atoms with van der Waals surface area (Å²) in [5.41, 5.74) is 1.15. The molecule has 1 aromatic heterocycles. The van der Waals surface area contributed by atoms with Gasteiger partial charge in [0.05, 0.1) is 29.8 Å². The van der Waals surface area contributed by atoms with Gasteiger partial charge in [-0.1, -0.05) is 57.2 Å². The number of ether oxygens (including phenoxy) is 2. The molecule has 0 spiro atoms. The quantitative estimate of drug-likeness (QED) is 0.439. The fraction of sp³-hybridized carbons (Fsp3) is 0.308. The van der Waals surface area contributed by atoms with Crippen LogP contribution in [0.2, 0.25) is 0 Å². The molecule has 0 aliphatic carbocycles. The molecule has 3 aliphatic rings. The highest BCUT2D eigenvalue weighted by Crippen LogP contribution is 2.54. The van der Waals surface area contributed by atoms with Crippen LogP contribution in [0.15, 0.2) is 62.8 Å². The second-order valence-corrected chi connectivity index (χ2v) is 12.1. The highest BCUT2D eigenvalue weighted by atomic mass is 79.9. The number of carbonyl (C=O) groups is 3. The SMILES string of the molecule is O=C(COc1ccccc1[C@H]1c2sc(=O)[nH]c2SC2C(=O)N(c3ccc(Br)cc3)C(=O)C21)N1CCOCC1. The number of nitrogens with zero attached hydrogens (tertiary/aromatic N) is 2. The lowest BCUT2D eigenvalue weighted by atomic mass is 9.82. The summed E-state index contributed by atoms with van der Waals surface area (Å²) in [5, 5.41) is -0.124. The minimum Gasteiger partial charge on any atom is -0.483 e. The number of thioether (sulfide) groups is 1. The van der Waals surface area contributed by atoms with Gasteiger partial charge in [-0.2, -0.15) is 0 Å². The largest absolute Gasteiger partial charge is 0.483 e. The van der Waals surface area contributed by atoms with E-state index in [0.29, 0.717) is 53.2 Å². The molecule has 4 heterocycles. The number of amides is 3. The summed E-state index contributed by atoms with van der Waals surface area (Å²) < 4.78 is 12.2. The summed E-state index contributed by atoms with van der Waals surface area (Å²) in [4.78, 5) is 58.9. The number of aromatic nitrogens is 1. The number of para-hydroxylation sites is 1. The number of hydrogen-bond donors (Lipinski definition) is 1. The summed E-state index contributed by atoms with van der Waals surface area (Å²) in [5.74, 6) is -1.69. The van der Waals surface area contributed by atoms with E-state index in [9.17, 15) is 19.2 Å². The predicted octanol–water partition coefficient (Wildman–Crippen LogP) is 3.23. The van der Waals surface area contributed by atoms with E-state index in [1.54, 1.807) is 41.3 Å². The molecule has 38 heavy (non-hydrogen) atoms. The van der Waals surface area contributed by atoms with Gasteiger partial charge in [0.2, 0.25) is 11.8 Å². The zero-order valence-electron chi connectivity index (χ0n) is 19.9. The molecule has 2 unspecified atom stereocenters. The lowest BCUT2D eigenvalue weighted by molar-refractivity contribution is -0.137. The van der Waals surface area contributed by atoms with Crippen LogP contribution in [0.3, 0.4) is 0 Å². The van der Waals surface area contributed by atoms with E-state index >= 15 is 0 Å². The smallest absolute Gasteiger partial charge is 0.305 e. The first-order chi connectivity index (χ1) is 18.4. The van der Waals surface area contributed by atoms with Crippen molar-refractivity contribution in [1.82, 2.24) is 9.88 Å². The first kappa shape index (κ1) is 25.4. The predicted molar refractivity (Wildman–Crippen MR) is 146 cm³/mol. The molecule has 2 fully saturated rings. The van der Waals surface area contributed by atoms with Gasteiger partial charge in [0.25, 0.3) is 5.91 Å². The molecule has 3 atom stereocenters. The molecule has 0 radical (unpaired) electrons. The fourth-order valence-electron chi connectivity index (χ4n) is 5.11. The molecule has 12 heteroatoms. The maximum absolute atomic E-state index is 13.9. The first-order valence-corrected chi connectivity index (χ1v) is 14.5. The Kier molecular flexibility index (Phi) is 6.89. The van der Waals surface area contributed by atoms with Crippen LogP contribution in [0.4, 0.5) is 5.69 Å². The Hall–Kier alpha value is -2.93. The number of hydrogen-bond acceptors (Lipinski definition) is 8. The van der Waals surface area contributed by atoms with Crippen molar-refractivity contribution in [2.24, 2.45) is 5.92 Å². The van der Waals surface area contributed by atoms with Crippen LogP contribution in [0, 0.1) is 5.92 Å². The van der Waals surface area contributed by atoms with E-state index in [-0.39, 0.29) is 29.2 Å². The third-order valence-electron chi connectivity index (χ3n) is 6.88. The standard InChI is InChI=1S/C26H22BrN3O6S2/c27-14-5-7-15(8-6-14)30-24(32)20-19(21-23(28-26(34)38-21)37-22(20)25(30)33)16-3-1-2-4-17(16)36-13-18(31)29-9-11-35-12-10-29/h1-8,19-20,22H,9-13H2,(H,28,34)/t19-,20?,22?/m1/s1. The summed E-state index contributed by atoms with van der Waals surface area (Å²) in [6.07, 6.45) is 0. The average Bonchev–Trinajstić information content (AvgIpc) is 3.43. The molecule has 3 amide bonds. The lowest BCUT2D eigenvalue weighted by Crippen LogP contribution is -2.43. The Morgan fingerprint density at radius 2 is 1.79 bits per heavy atom. The first-order valence-electron chi connectivity index (χ1n) is 12.0. The van der Waals surface area contributed by atoms with Gasteiger partial charge in [-0.25, -0.2) is 4.90 Å². The molecule has 2 saturated heterocycles. The fourth-order valence-corrected chi connectivity index (χ4v) is 7.88. The summed E-state index contributed by atoms with van der Waals surface area (Å²) in [6.45, 7) is 1.84. The molecule has 196 valence electrons. The molecule has 3 aromatic rings. The lowest BCUT2D eigenvalue weighted by Gasteiger charge is -2.31. The Balaban J connectivity index is 1.36. The van der Waals surface area contributed by atoms with E-state index in [1.807, 2.05) is 12.1 Å². The van der Waals surface area contributed by atoms with E-state index in [1.165, 1.54) is 16.7 Å². The highest BCUT2D eigenvalue weighted by Gasteiger charge is 2.56. The number of fused-ring (bicyclic) bond motifs is 2. The van der Waals surface area contributed by atoms with Crippen molar-refractivity contribution < 1.29 is 23.9 Å². The number of carbonyl (C=O) groups excluding carboxylic acids is 3. The van der Waals surface area contributed by atoms with Gasteiger partial charge in [0, 0.05) is 33.9 Å². The number of imide groups is 1. The Bertz CT molecular complexity index is 1470. The number of H-pyrrole nitrogens is 1. The van der Waals surface area contributed by atoms with Gasteiger partial charge in [0.15, 0.2) is 6.61 Å². The van der Waals surface area contributed by atoms with E-state index in [4.69, 9.17) is 9.47 Å². The molecular formula is C26H22BrN3O6S2. The van der Waals surface area contributed by atoms with Crippen LogP contribution >= 0.6 is 39.0 Å². The van der Waals surface area contributed by atoms with Crippen LogP contribution in [0.5, 0.6) is 5.75 Å². The van der Waals surface area contributed by atoms with Crippen molar-refractivity contribution in [2.45, 2.75) is 16.2 Å². The van der Waals surface area contributed by atoms with E-state index in [0.717, 1.165) is 15.8 Å². The normalized spacial score (nSPS) is 22.8. The maximum Gasteiger partial charge on any atom is 0.305 e. The van der Waals surface area contributed by atoms with Crippen LogP contribution in [-0.4, -0.2) is 65.8 Å². The average molecular weight is 617 g/mol. The number of halogens is 1. The number of rotatable bonds is 5. The maximum atomic E-state index is 13.9. The van der Waals surface area contributed by atoms with Crippen molar-refractivity contribution in [3.8, 4) is 5.75 Å². The Labute approximate surface area is 234 Å². The van der Waals surface area contributed by atoms with Crippen molar-refractivity contribution in [3.63, 3.8) is 0 Å². The topological polar surface area (TPSA) is 109 Å². The number of aromatic amines is 1. The Morgan fingerprint density at radius 1 is 1.05 bits per heavy atom. The molecule has 0 saturated carbocycles. The molecular weight excluding hydrogens is 594 g/mol. The zero-order chi connectivity index (χ0) is 26.4. The molecule has 9 nitrogen and oxygen atoms in total. The van der Waals surface area contributed by atoms with Gasteiger partial charge in [-0.3, -0.25) is 19.2 Å². The highest BCUT2D eigenvalue weighted by molar-refractivity contribution is 9.10. The van der Waals surface area contributed by atoms with Crippen molar-refractivity contribution >= 4 is 62.4 Å². The second-order valence-electron chi connectivity index (χ2n) is 9.06. The third kappa shape index (κ3) is 4.49. The minimum atomic E-state index is -0.741. The summed E-state index contributed by atoms with van der Waals surface area (Å²) in [6, 6.07) is 14.2. The number of thiazole rings is 1. The van der Waals surface area contributed by atoms with Crippen LogP contribution in [0.1, 0.15) is 16.4 Å². The molecule has 1 N–H and O–H groups in total. The molecule has 2 aromatic carbocycles. The number of morpholine rings is 1. The minimum absolute atomic E-state index is 0.152. The van der Waals surface area contributed by atoms with Crippen LogP contribution in [-0.2, 0) is 19.1 Å². The van der Waals surface area contributed by atoms with Gasteiger partial charge in [-0.15, -0.1) is 0 Å². The van der Waals surface area contributed by atoms with Gasteiger partial charge in [-0.05, 0) is 30.3 Å². The van der Waals surface area contributed by atoms with E-state index < -0.39 is 17.1 Å². The van der Waals surface area contributed by atoms with Gasteiger partial charge in [0.1, 0.15) is 11.0 Å². The van der Waals surface area contributed by atoms with Crippen molar-refractivity contribution in [3.05, 3.63) is 73.1 Å². The van der Waals surface area contributed by atoms with Crippen LogP contribution in [0.25, 0.3) is 0 Å². The molecule has 6 rings (SSSR count). The molecule has 3 aliphatic heterocycles. The summed E-state index contributed by atoms with van der Waals surface area (Å²) in [7, 11) is 0. The van der Waals surface area contributed by atoms with Crippen LogP contribution < -0.4 is 14.5 Å². The van der Waals surface area contributed by atoms with Gasteiger partial charge < -0.3 is 19.4 Å². The monoisotopic (exact) mass is 615 g/mol. The van der Waals surface area contributed by atoms with E-state index in [2.05, 4.69) is 20.9 Å². The van der Waals surface area contributed by atoms with Crippen molar-refractivity contribution in [1.29, 1.82) is 0 Å². The van der Waals surface area contributed by atoms with Gasteiger partial charge >= 0.3 is 4.87 Å². The number of anilines is 1. The third-order valence-corrected chi connectivity index (χ3v) is 9.81. The Morgan fingerprint density at radius 3 is 2.55 bits per heavy atom. The zero-order valence-corrected chi connectivity index (χ0v) is 23.1. The molecule has 0 bridgehead atoms. The second kappa shape index (κ2) is 10.3. The summed E-state index contributed by atoms with van der Waals surface area (Å²) >= 11 is 5.65. The van der Waals surface area contributed by atoms with Crippen molar-refractivity contribution in [2.75, 3.05) is 37.8 Å².